The second-order valence-corrected chi connectivity index (χ2v) is 0. The molecule has 0 rings (SSSR count). The van der Waals surface area contributed by atoms with E-state index in [1.165, 1.54) is 0 Å². The summed E-state index contributed by atoms with van der Waals surface area (Å²) in [5.41, 5.74) is 0. The molecule has 0 spiro atoms. The summed E-state index contributed by atoms with van der Waals surface area (Å²) < 4.78 is 0. The molecule has 0 bridgehead atoms. The fraction of sp³-hybridized carbons (Fsp3) is 0. The molecule has 5 heteroatoms. The van der Waals surface area contributed by atoms with Crippen molar-refractivity contribution in [1.82, 2.24) is 0 Å². The van der Waals surface area contributed by atoms with Crippen LogP contribution in [0, 0.1) is 0 Å². The number of hydrogen-bond donors (Lipinski definition) is 0. The molecule has 0 aliphatic rings. The zero-order valence-electron chi connectivity index (χ0n) is 3.47. The first-order chi connectivity index (χ1) is 0. The molecule has 0 saturated carbocycles. The molecule has 0 heterocycles. The van der Waals surface area contributed by atoms with Gasteiger partial charge in [-0.05, 0) is 0 Å². The van der Waals surface area contributed by atoms with Gasteiger partial charge in [0.2, 0.25) is 0 Å². The molecule has 0 aromatic rings. The van der Waals surface area contributed by atoms with E-state index < -0.39 is 0 Å². The van der Waals surface area contributed by atoms with Crippen LogP contribution < -0.4 is 18.9 Å². The summed E-state index contributed by atoms with van der Waals surface area (Å²) in [6.45, 7) is 0. The van der Waals surface area contributed by atoms with Crippen LogP contribution >= 0.6 is 0 Å². The van der Waals surface area contributed by atoms with Gasteiger partial charge in [-0.2, -0.15) is 0 Å². The first-order valence-electron chi connectivity index (χ1n) is 0. The van der Waals surface area contributed by atoms with E-state index in [1.54, 1.807) is 0 Å². The summed E-state index contributed by atoms with van der Waals surface area (Å²) in [5.74, 6) is 0. The predicted molar refractivity (Wildman–Crippen MR) is 1.11 cm³/mol. The Morgan fingerprint density at radius 2 is 1.20 bits per heavy atom. The molecule has 0 saturated heterocycles. The molecule has 0 amide bonds. The third-order valence-electron chi connectivity index (χ3n) is 0. The van der Waals surface area contributed by atoms with Crippen molar-refractivity contribution >= 4 is 0 Å². The minimum atomic E-state index is 0. The Hall–Kier alpha value is 2.86. The van der Waals surface area contributed by atoms with Crippen LogP contribution in [0.4, 0.5) is 0 Å². The van der Waals surface area contributed by atoms with Crippen LogP contribution in [0.25, 0.3) is 0 Å². The van der Waals surface area contributed by atoms with E-state index in [9.17, 15) is 0 Å². The van der Waals surface area contributed by atoms with E-state index in [4.69, 9.17) is 0 Å². The van der Waals surface area contributed by atoms with E-state index in [1.807, 2.05) is 0 Å². The van der Waals surface area contributed by atoms with Crippen LogP contribution in [0.2, 0.25) is 0 Å². The fourth-order valence-electron chi connectivity index (χ4n) is 0. The molecule has 0 unspecified atom stereocenters. The molecule has 0 aliphatic heterocycles. The van der Waals surface area contributed by atoms with Gasteiger partial charge in [-0.25, -0.2) is 0 Å². The Morgan fingerprint density at radius 1 is 1.20 bits per heavy atom. The Labute approximate surface area is 91.7 Å². The summed E-state index contributed by atoms with van der Waals surface area (Å²) >= 11 is 0. The summed E-state index contributed by atoms with van der Waals surface area (Å²) in [5, 5.41) is 0. The fourth-order valence-corrected chi connectivity index (χ4v) is 0. The van der Waals surface area contributed by atoms with E-state index in [0.29, 0.717) is 0 Å². The Morgan fingerprint density at radius 3 is 1.20 bits per heavy atom. The van der Waals surface area contributed by atoms with Crippen LogP contribution in [-0.4, -0.2) is 0 Å². The van der Waals surface area contributed by atoms with Crippen LogP contribution in [0.5, 0.6) is 0 Å². The summed E-state index contributed by atoms with van der Waals surface area (Å²) in [4.78, 5) is 0. The van der Waals surface area contributed by atoms with Crippen molar-refractivity contribution in [2.45, 2.75) is 0 Å². The quantitative estimate of drug-likeness (QED) is 0.407. The van der Waals surface area contributed by atoms with Crippen molar-refractivity contribution in [3.63, 3.8) is 0 Å². The van der Waals surface area contributed by atoms with Crippen molar-refractivity contribution in [3.05, 3.63) is 0 Å². The predicted octanol–water partition coefficient (Wildman–Crippen LogP) is -2.89. The summed E-state index contributed by atoms with van der Waals surface area (Å²) in [6.07, 6.45) is 0. The van der Waals surface area contributed by atoms with E-state index in [-0.39, 0.29) is 93.0 Å². The second-order valence-electron chi connectivity index (χ2n) is 0. The molecule has 0 aliphatic carbocycles. The molecular formula is HCoLiMnNiTa. The topological polar surface area (TPSA) is 0 Å². The smallest absolute Gasteiger partial charge is 1.00 e. The Kier molecular flexibility index (Phi) is 261. The molecule has 0 aromatic carbocycles. The van der Waals surface area contributed by atoms with Gasteiger partial charge in [-0.3, -0.25) is 0 Å². The van der Waals surface area contributed by atoms with Gasteiger partial charge in [0.25, 0.3) is 0 Å². The monoisotopic (exact) mass is 361 g/mol. The third kappa shape index (κ3) is 19.8. The number of rotatable bonds is 0. The summed E-state index contributed by atoms with van der Waals surface area (Å²) in [6, 6.07) is 0. The third-order valence-corrected chi connectivity index (χ3v) is 0. The van der Waals surface area contributed by atoms with Crippen molar-refractivity contribution in [2.24, 2.45) is 0 Å². The largest absolute Gasteiger partial charge is 1.00 e. The van der Waals surface area contributed by atoms with E-state index in [2.05, 4.69) is 0 Å². The Balaban J connectivity index is 0. The van der Waals surface area contributed by atoms with Gasteiger partial charge < -0.3 is 1.43 Å². The van der Waals surface area contributed by atoms with Gasteiger partial charge in [0.1, 0.15) is 0 Å². The van der Waals surface area contributed by atoms with Gasteiger partial charge in [-0.1, -0.05) is 0 Å². The minimum Gasteiger partial charge on any atom is -1.00 e. The van der Waals surface area contributed by atoms with Crippen LogP contribution in [0.15, 0.2) is 0 Å². The van der Waals surface area contributed by atoms with Gasteiger partial charge >= 0.3 is 18.9 Å². The minimum absolute atomic E-state index is 0. The molecule has 0 aromatic heterocycles. The average Bonchev–Trinajstić information content (AvgIpc) is 0. The van der Waals surface area contributed by atoms with Gasteiger partial charge in [0, 0.05) is 72.7 Å². The van der Waals surface area contributed by atoms with Crippen molar-refractivity contribution in [3.8, 4) is 0 Å². The first-order valence-corrected chi connectivity index (χ1v) is 0. The second kappa shape index (κ2) is 28.8. The van der Waals surface area contributed by atoms with Gasteiger partial charge in [0.15, 0.2) is 0 Å². The normalized spacial score (nSPS) is 0. The van der Waals surface area contributed by atoms with E-state index in [0.717, 1.165) is 0 Å². The van der Waals surface area contributed by atoms with Crippen LogP contribution in [0.3, 0.4) is 0 Å². The maximum absolute atomic E-state index is 0. The number of hydrogen-bond acceptors (Lipinski definition) is 0. The van der Waals surface area contributed by atoms with Gasteiger partial charge in [0.05, 0.1) is 0 Å². The zero-order valence-corrected chi connectivity index (χ0v) is 8.90. The van der Waals surface area contributed by atoms with Crippen molar-refractivity contribution in [2.75, 3.05) is 0 Å². The molecule has 0 fully saturated rings. The first kappa shape index (κ1) is 45.3. The van der Waals surface area contributed by atoms with Crippen molar-refractivity contribution in [1.29, 1.82) is 0 Å². The molecule has 0 N–H and O–H groups in total. The maximum atomic E-state index is 0. The van der Waals surface area contributed by atoms with Crippen molar-refractivity contribution < 1.29 is 93.0 Å². The molecule has 0 atom stereocenters. The Bertz CT molecular complexity index is 15.5. The standard InChI is InChI=1S/Co.Li.Mn.Ni.Ta.H/q;+1;;;;-1. The summed E-state index contributed by atoms with van der Waals surface area (Å²) in [7, 11) is 0. The zero-order chi connectivity index (χ0) is 0. The average molecular weight is 361 g/mol. The van der Waals surface area contributed by atoms with E-state index >= 15 is 0 Å². The molecule has 33 valence electrons. The van der Waals surface area contributed by atoms with Crippen LogP contribution in [-0.2, 0) is 72.7 Å². The van der Waals surface area contributed by atoms with Gasteiger partial charge in [-0.15, -0.1) is 0 Å². The SMILES string of the molecule is [Co].[H-].[Li+].[Mn].[Ni].[Ta]. The molecular weight excluding hydrogens is 360 g/mol. The maximum Gasteiger partial charge on any atom is 1.00 e. The van der Waals surface area contributed by atoms with Crippen LogP contribution in [0.1, 0.15) is 1.43 Å². The molecule has 0 nitrogen and oxygen atoms in total. The molecule has 3 radical (unpaired) electrons. The molecule has 5 heavy (non-hydrogen) atoms.